The quantitative estimate of drug-likeness (QED) is 0.476. The maximum atomic E-state index is 13.1. The minimum atomic E-state index is -4.04. The molecule has 0 atom stereocenters. The molecule has 1 saturated heterocycles. The fraction of sp³-hybridized carbons (Fsp3) is 0.444. The van der Waals surface area contributed by atoms with Gasteiger partial charge < -0.3 is 19.1 Å². The van der Waals surface area contributed by atoms with Crippen LogP contribution in [0.1, 0.15) is 13.8 Å². The molecule has 1 aliphatic rings. The second-order valence-corrected chi connectivity index (χ2v) is 10.8. The average Bonchev–Trinajstić information content (AvgIpc) is 2.96. The van der Waals surface area contributed by atoms with Gasteiger partial charge in [0.1, 0.15) is 25.1 Å². The Morgan fingerprint density at radius 1 is 1.13 bits per heavy atom. The standard InChI is InChI=1S/C18H21BrCl2N2O5S2/c1-3-27-13-10-12(23-5-7-26-8-6-23)14(28-4-2)9-11(13)22-30(24,25)16-15(19)17(20)29-18(16)21/h9-10,22H,3-8H2,1-2H3. The highest BCUT2D eigenvalue weighted by Crippen LogP contribution is 2.45. The fourth-order valence-electron chi connectivity index (χ4n) is 2.99. The van der Waals surface area contributed by atoms with Gasteiger partial charge in [-0.15, -0.1) is 11.3 Å². The topological polar surface area (TPSA) is 77.1 Å². The van der Waals surface area contributed by atoms with Crippen molar-refractivity contribution in [3.63, 3.8) is 0 Å². The Morgan fingerprint density at radius 3 is 2.33 bits per heavy atom. The molecule has 2 aromatic rings. The summed E-state index contributed by atoms with van der Waals surface area (Å²) in [6, 6.07) is 3.42. The van der Waals surface area contributed by atoms with E-state index in [0.717, 1.165) is 17.0 Å². The van der Waals surface area contributed by atoms with E-state index in [2.05, 4.69) is 25.6 Å². The molecule has 2 heterocycles. The zero-order chi connectivity index (χ0) is 21.9. The molecule has 0 radical (unpaired) electrons. The molecular weight excluding hydrogens is 539 g/mol. The van der Waals surface area contributed by atoms with Crippen LogP contribution in [0.3, 0.4) is 0 Å². The summed E-state index contributed by atoms with van der Waals surface area (Å²) in [6.07, 6.45) is 0. The molecular formula is C18H21BrCl2N2O5S2. The summed E-state index contributed by atoms with van der Waals surface area (Å²) in [5.74, 6) is 0.939. The molecule has 30 heavy (non-hydrogen) atoms. The molecule has 12 heteroatoms. The van der Waals surface area contributed by atoms with Gasteiger partial charge in [-0.05, 0) is 29.8 Å². The van der Waals surface area contributed by atoms with Crippen molar-refractivity contribution in [2.24, 2.45) is 0 Å². The molecule has 0 amide bonds. The first-order valence-corrected chi connectivity index (χ1v) is 13.1. The van der Waals surface area contributed by atoms with Crippen LogP contribution in [0.4, 0.5) is 11.4 Å². The molecule has 1 N–H and O–H groups in total. The summed E-state index contributed by atoms with van der Waals surface area (Å²) in [4.78, 5) is 2.01. The summed E-state index contributed by atoms with van der Waals surface area (Å²) in [5, 5.41) is 0. The SMILES string of the molecule is CCOc1cc(N2CCOCC2)c(OCC)cc1NS(=O)(=O)c1c(Cl)sc(Cl)c1Br. The van der Waals surface area contributed by atoms with E-state index in [-0.39, 0.29) is 23.7 Å². The van der Waals surface area contributed by atoms with E-state index >= 15 is 0 Å². The fourth-order valence-corrected chi connectivity index (χ4v) is 7.61. The predicted molar refractivity (Wildman–Crippen MR) is 125 cm³/mol. The van der Waals surface area contributed by atoms with Crippen molar-refractivity contribution < 1.29 is 22.6 Å². The molecule has 0 saturated carbocycles. The van der Waals surface area contributed by atoms with Crippen LogP contribution in [-0.2, 0) is 14.8 Å². The number of thiophene rings is 1. The van der Waals surface area contributed by atoms with Crippen LogP contribution in [0.5, 0.6) is 11.5 Å². The van der Waals surface area contributed by atoms with E-state index in [0.29, 0.717) is 51.0 Å². The molecule has 0 spiro atoms. The first kappa shape index (κ1) is 23.7. The highest BCUT2D eigenvalue weighted by molar-refractivity contribution is 9.10. The van der Waals surface area contributed by atoms with E-state index in [1.54, 1.807) is 12.1 Å². The van der Waals surface area contributed by atoms with E-state index in [4.69, 9.17) is 37.4 Å². The monoisotopic (exact) mass is 558 g/mol. The molecule has 1 aromatic carbocycles. The number of sulfonamides is 1. The van der Waals surface area contributed by atoms with E-state index < -0.39 is 10.0 Å². The number of benzene rings is 1. The lowest BCUT2D eigenvalue weighted by Crippen LogP contribution is -2.36. The highest BCUT2D eigenvalue weighted by Gasteiger charge is 2.28. The van der Waals surface area contributed by atoms with Crippen molar-refractivity contribution >= 4 is 71.9 Å². The molecule has 7 nitrogen and oxygen atoms in total. The lowest BCUT2D eigenvalue weighted by Gasteiger charge is -2.31. The van der Waals surface area contributed by atoms with Crippen LogP contribution in [0.2, 0.25) is 8.67 Å². The molecule has 3 rings (SSSR count). The molecule has 0 bridgehead atoms. The van der Waals surface area contributed by atoms with Crippen LogP contribution in [0.15, 0.2) is 21.5 Å². The van der Waals surface area contributed by atoms with Gasteiger partial charge in [0.15, 0.2) is 0 Å². The third kappa shape index (κ3) is 5.11. The molecule has 1 fully saturated rings. The Morgan fingerprint density at radius 2 is 1.77 bits per heavy atom. The Bertz CT molecular complexity index is 1010. The molecule has 0 aliphatic carbocycles. The molecule has 1 aliphatic heterocycles. The van der Waals surface area contributed by atoms with Crippen molar-refractivity contribution in [3.8, 4) is 11.5 Å². The number of halogens is 3. The van der Waals surface area contributed by atoms with Crippen LogP contribution < -0.4 is 19.1 Å². The average molecular weight is 560 g/mol. The third-order valence-electron chi connectivity index (χ3n) is 4.26. The minimum Gasteiger partial charge on any atom is -0.492 e. The van der Waals surface area contributed by atoms with Gasteiger partial charge >= 0.3 is 0 Å². The second kappa shape index (κ2) is 10.1. The van der Waals surface area contributed by atoms with Crippen LogP contribution >= 0.6 is 50.5 Å². The van der Waals surface area contributed by atoms with Crippen LogP contribution in [0.25, 0.3) is 0 Å². The zero-order valence-electron chi connectivity index (χ0n) is 16.3. The number of hydrogen-bond acceptors (Lipinski definition) is 7. The number of rotatable bonds is 8. The van der Waals surface area contributed by atoms with Crippen molar-refractivity contribution in [3.05, 3.63) is 25.3 Å². The molecule has 166 valence electrons. The van der Waals surface area contributed by atoms with Crippen molar-refractivity contribution in [2.75, 3.05) is 49.1 Å². The largest absolute Gasteiger partial charge is 0.492 e. The van der Waals surface area contributed by atoms with Gasteiger partial charge in [-0.1, -0.05) is 23.2 Å². The predicted octanol–water partition coefficient (Wildman–Crippen LogP) is 5.25. The first-order valence-electron chi connectivity index (χ1n) is 9.20. The maximum Gasteiger partial charge on any atom is 0.265 e. The first-order chi connectivity index (χ1) is 14.3. The van der Waals surface area contributed by atoms with Gasteiger partial charge in [-0.3, -0.25) is 4.72 Å². The minimum absolute atomic E-state index is 0.0623. The van der Waals surface area contributed by atoms with Gasteiger partial charge in [0.25, 0.3) is 10.0 Å². The lowest BCUT2D eigenvalue weighted by molar-refractivity contribution is 0.122. The Labute approximate surface area is 198 Å². The summed E-state index contributed by atoms with van der Waals surface area (Å²) < 4.78 is 46.2. The molecule has 1 aromatic heterocycles. The van der Waals surface area contributed by atoms with E-state index in [9.17, 15) is 8.42 Å². The summed E-state index contributed by atoms with van der Waals surface area (Å²) in [7, 11) is -4.04. The lowest BCUT2D eigenvalue weighted by atomic mass is 10.2. The summed E-state index contributed by atoms with van der Waals surface area (Å²) in [5.41, 5.74) is 1.08. The van der Waals surface area contributed by atoms with Crippen LogP contribution in [0, 0.1) is 0 Å². The Kier molecular flexibility index (Phi) is 8.03. The van der Waals surface area contributed by atoms with Gasteiger partial charge in [-0.25, -0.2) is 8.42 Å². The number of nitrogens with one attached hydrogen (secondary N) is 1. The number of nitrogens with zero attached hydrogens (tertiary/aromatic N) is 1. The van der Waals surface area contributed by atoms with E-state index in [1.165, 1.54) is 0 Å². The van der Waals surface area contributed by atoms with Gasteiger partial charge in [-0.2, -0.15) is 0 Å². The van der Waals surface area contributed by atoms with Crippen LogP contribution in [-0.4, -0.2) is 47.9 Å². The summed E-state index contributed by atoms with van der Waals surface area (Å²) >= 11 is 16.3. The highest BCUT2D eigenvalue weighted by atomic mass is 79.9. The smallest absolute Gasteiger partial charge is 0.265 e. The third-order valence-corrected chi connectivity index (χ3v) is 9.08. The zero-order valence-corrected chi connectivity index (χ0v) is 21.1. The van der Waals surface area contributed by atoms with Gasteiger partial charge in [0.05, 0.1) is 42.3 Å². The Balaban J connectivity index is 2.05. The summed E-state index contributed by atoms with van der Waals surface area (Å²) in [6.45, 7) is 7.10. The normalized spacial score (nSPS) is 14.6. The van der Waals surface area contributed by atoms with Gasteiger partial charge in [0, 0.05) is 25.2 Å². The maximum absolute atomic E-state index is 13.1. The number of hydrogen-bond donors (Lipinski definition) is 1. The van der Waals surface area contributed by atoms with Crippen molar-refractivity contribution in [1.82, 2.24) is 0 Å². The number of anilines is 2. The van der Waals surface area contributed by atoms with E-state index in [1.807, 2.05) is 13.8 Å². The number of ether oxygens (including phenoxy) is 3. The molecule has 0 unspecified atom stereocenters. The van der Waals surface area contributed by atoms with Gasteiger partial charge in [0.2, 0.25) is 0 Å². The van der Waals surface area contributed by atoms with Crippen molar-refractivity contribution in [2.45, 2.75) is 18.7 Å². The number of morpholine rings is 1. The van der Waals surface area contributed by atoms with Crippen molar-refractivity contribution in [1.29, 1.82) is 0 Å². The Hall–Kier alpha value is -0.910. The second-order valence-electron chi connectivity index (χ2n) is 6.18.